The van der Waals surface area contributed by atoms with Gasteiger partial charge in [0.05, 0.1) is 17.4 Å². The first-order valence-corrected chi connectivity index (χ1v) is 10.6. The van der Waals surface area contributed by atoms with Gasteiger partial charge >= 0.3 is 6.18 Å². The van der Waals surface area contributed by atoms with E-state index in [0.717, 1.165) is 59.2 Å². The topological polar surface area (TPSA) is 77.6 Å². The molecule has 3 aromatic heterocycles. The van der Waals surface area contributed by atoms with Crippen LogP contribution in [0.1, 0.15) is 66.2 Å². The molecule has 0 aromatic carbocycles. The molecule has 168 valence electrons. The lowest BCUT2D eigenvalue weighted by molar-refractivity contribution is -0.141. The first kappa shape index (κ1) is 20.7. The summed E-state index contributed by atoms with van der Waals surface area (Å²) < 4.78 is 41.7. The number of hydrogen-bond donors (Lipinski definition) is 1. The predicted molar refractivity (Wildman–Crippen MR) is 110 cm³/mol. The summed E-state index contributed by atoms with van der Waals surface area (Å²) >= 11 is 0. The van der Waals surface area contributed by atoms with Crippen LogP contribution in [-0.4, -0.2) is 30.5 Å². The minimum Gasteiger partial charge on any atom is -0.342 e. The second-order valence-corrected chi connectivity index (χ2v) is 8.87. The zero-order valence-electron chi connectivity index (χ0n) is 17.8. The Hall–Kier alpha value is -3.17. The molecular formula is C22H23F3N6O. The zero-order valence-corrected chi connectivity index (χ0v) is 17.8. The van der Waals surface area contributed by atoms with Crippen molar-refractivity contribution in [2.45, 2.75) is 56.8 Å². The molecule has 0 radical (unpaired) electrons. The van der Waals surface area contributed by atoms with Crippen LogP contribution in [0, 0.1) is 0 Å². The number of amides is 1. The third-order valence-corrected chi connectivity index (χ3v) is 6.41. The average Bonchev–Trinajstić information content (AvgIpc) is 3.17. The molecule has 0 spiro atoms. The molecule has 2 aliphatic rings. The Morgan fingerprint density at radius 3 is 2.69 bits per heavy atom. The lowest BCUT2D eigenvalue weighted by Crippen LogP contribution is -2.33. The number of fused-ring (bicyclic) bond motifs is 1. The number of aryl methyl sites for hydroxylation is 2. The molecule has 1 aliphatic carbocycles. The van der Waals surface area contributed by atoms with Crippen molar-refractivity contribution in [3.8, 4) is 11.3 Å². The van der Waals surface area contributed by atoms with Gasteiger partial charge in [-0.1, -0.05) is 6.92 Å². The quantitative estimate of drug-likeness (QED) is 0.660. The molecular weight excluding hydrogens is 421 g/mol. The van der Waals surface area contributed by atoms with Crippen molar-refractivity contribution in [3.05, 3.63) is 53.2 Å². The van der Waals surface area contributed by atoms with E-state index >= 15 is 0 Å². The van der Waals surface area contributed by atoms with E-state index in [9.17, 15) is 18.0 Å². The highest BCUT2D eigenvalue weighted by molar-refractivity contribution is 5.93. The van der Waals surface area contributed by atoms with Crippen molar-refractivity contribution in [2.75, 3.05) is 0 Å². The van der Waals surface area contributed by atoms with Gasteiger partial charge < -0.3 is 5.32 Å². The van der Waals surface area contributed by atoms with E-state index in [0.29, 0.717) is 6.42 Å². The smallest absolute Gasteiger partial charge is 0.342 e. The number of halogens is 3. The Kier molecular flexibility index (Phi) is 4.65. The van der Waals surface area contributed by atoms with E-state index in [4.69, 9.17) is 5.10 Å². The van der Waals surface area contributed by atoms with Crippen LogP contribution in [0.2, 0.25) is 0 Å². The van der Waals surface area contributed by atoms with Gasteiger partial charge in [-0.25, -0.2) is 0 Å². The maximum absolute atomic E-state index is 12.9. The molecule has 1 aliphatic heterocycles. The van der Waals surface area contributed by atoms with Gasteiger partial charge in [0.15, 0.2) is 5.69 Å². The normalized spacial score (nSPS) is 19.5. The summed E-state index contributed by atoms with van der Waals surface area (Å²) in [6, 6.07) is 6.37. The summed E-state index contributed by atoms with van der Waals surface area (Å²) in [7, 11) is 1.33. The third-order valence-electron chi connectivity index (χ3n) is 6.41. The van der Waals surface area contributed by atoms with Gasteiger partial charge in [-0.3, -0.25) is 19.1 Å². The maximum Gasteiger partial charge on any atom is 0.435 e. The Bertz CT molecular complexity index is 1190. The molecule has 1 fully saturated rings. The molecule has 5 rings (SSSR count). The molecule has 1 amide bonds. The molecule has 1 saturated carbocycles. The van der Waals surface area contributed by atoms with Crippen LogP contribution in [0.25, 0.3) is 11.3 Å². The van der Waals surface area contributed by atoms with Gasteiger partial charge in [0, 0.05) is 42.5 Å². The first-order valence-electron chi connectivity index (χ1n) is 10.6. The lowest BCUT2D eigenvalue weighted by atomic mass is 10.0. The number of carbonyl (C=O) groups is 1. The van der Waals surface area contributed by atoms with Crippen molar-refractivity contribution in [2.24, 2.45) is 7.05 Å². The van der Waals surface area contributed by atoms with Gasteiger partial charge in [0.25, 0.3) is 5.91 Å². The van der Waals surface area contributed by atoms with Crippen molar-refractivity contribution >= 4 is 5.91 Å². The molecule has 1 atom stereocenters. The van der Waals surface area contributed by atoms with Crippen LogP contribution in [-0.2, 0) is 25.2 Å². The van der Waals surface area contributed by atoms with Gasteiger partial charge in [0.2, 0.25) is 0 Å². The van der Waals surface area contributed by atoms with E-state index in [2.05, 4.69) is 28.4 Å². The fourth-order valence-corrected chi connectivity index (χ4v) is 4.19. The fraction of sp³-hybridized carbons (Fsp3) is 0.455. The van der Waals surface area contributed by atoms with E-state index in [1.54, 1.807) is 6.20 Å². The number of nitrogens with one attached hydrogen (secondary N) is 1. The number of carbonyl (C=O) groups excluding carboxylic acids is 1. The Labute approximate surface area is 182 Å². The van der Waals surface area contributed by atoms with Crippen LogP contribution < -0.4 is 5.32 Å². The highest BCUT2D eigenvalue weighted by atomic mass is 19.4. The lowest BCUT2D eigenvalue weighted by Gasteiger charge is -2.24. The van der Waals surface area contributed by atoms with Crippen LogP contribution in [0.3, 0.4) is 0 Å². The zero-order chi connectivity index (χ0) is 22.7. The number of pyridine rings is 1. The predicted octanol–water partition coefficient (Wildman–Crippen LogP) is 4.01. The molecule has 10 heteroatoms. The molecule has 0 saturated heterocycles. The maximum atomic E-state index is 12.9. The van der Waals surface area contributed by atoms with Gasteiger partial charge in [-0.2, -0.15) is 23.4 Å². The molecule has 32 heavy (non-hydrogen) atoms. The van der Waals surface area contributed by atoms with Gasteiger partial charge in [-0.05, 0) is 43.9 Å². The van der Waals surface area contributed by atoms with Crippen LogP contribution in [0.15, 0.2) is 30.5 Å². The molecule has 3 aromatic rings. The number of nitrogens with zero attached hydrogens (tertiary/aromatic N) is 5. The van der Waals surface area contributed by atoms with Crippen LogP contribution in [0.4, 0.5) is 13.2 Å². The highest BCUT2D eigenvalue weighted by Crippen LogP contribution is 2.47. The van der Waals surface area contributed by atoms with Gasteiger partial charge in [0.1, 0.15) is 5.69 Å². The number of alkyl halides is 3. The van der Waals surface area contributed by atoms with Crippen LogP contribution in [0.5, 0.6) is 0 Å². The minimum atomic E-state index is -4.60. The summed E-state index contributed by atoms with van der Waals surface area (Å²) in [6.45, 7) is 2.92. The molecule has 4 heterocycles. The molecule has 7 nitrogen and oxygen atoms in total. The number of hydrogen-bond acceptors (Lipinski definition) is 4. The van der Waals surface area contributed by atoms with E-state index in [-0.39, 0.29) is 17.2 Å². The molecule has 0 unspecified atom stereocenters. The van der Waals surface area contributed by atoms with E-state index in [1.807, 2.05) is 16.8 Å². The highest BCUT2D eigenvalue weighted by Gasteiger charge is 2.40. The van der Waals surface area contributed by atoms with Crippen molar-refractivity contribution in [1.29, 1.82) is 0 Å². The second kappa shape index (κ2) is 7.18. The largest absolute Gasteiger partial charge is 0.435 e. The molecule has 0 bridgehead atoms. The number of aromatic nitrogens is 5. The standard InChI is InChI=1S/C22H23F3N6O/c1-21(6-7-21)18-10-13(5-8-26-18)15-11-16-14(4-3-9-31(16)28-15)27-20(32)17-12-19(22(23,24)25)29-30(17)2/h5,8,10-12,14H,3-4,6-7,9H2,1-2H3,(H,27,32)/t14-/m0/s1. The first-order chi connectivity index (χ1) is 15.1. The Balaban J connectivity index is 1.40. The third kappa shape index (κ3) is 3.67. The SMILES string of the molecule is Cn1nc(C(F)(F)F)cc1C(=O)N[C@H]1CCCn2nc(-c3ccnc(C4(C)CC4)c3)cc21. The second-order valence-electron chi connectivity index (χ2n) is 8.87. The number of rotatable bonds is 4. The summed E-state index contributed by atoms with van der Waals surface area (Å²) in [5, 5.41) is 11.0. The van der Waals surface area contributed by atoms with Crippen molar-refractivity contribution in [1.82, 2.24) is 29.9 Å². The monoisotopic (exact) mass is 444 g/mol. The van der Waals surface area contributed by atoms with Crippen molar-refractivity contribution in [3.63, 3.8) is 0 Å². The van der Waals surface area contributed by atoms with E-state index in [1.165, 1.54) is 7.05 Å². The Morgan fingerprint density at radius 2 is 2.00 bits per heavy atom. The van der Waals surface area contributed by atoms with Gasteiger partial charge in [-0.15, -0.1) is 0 Å². The minimum absolute atomic E-state index is 0.134. The summed E-state index contributed by atoms with van der Waals surface area (Å²) in [5.74, 6) is -0.593. The molecule has 1 N–H and O–H groups in total. The Morgan fingerprint density at radius 1 is 1.22 bits per heavy atom. The van der Waals surface area contributed by atoms with Crippen LogP contribution >= 0.6 is 0 Å². The summed E-state index contributed by atoms with van der Waals surface area (Å²) in [5.41, 5.74) is 2.59. The fourth-order valence-electron chi connectivity index (χ4n) is 4.19. The van der Waals surface area contributed by atoms with E-state index < -0.39 is 17.8 Å². The average molecular weight is 444 g/mol. The summed E-state index contributed by atoms with van der Waals surface area (Å²) in [6.07, 6.45) is 0.934. The summed E-state index contributed by atoms with van der Waals surface area (Å²) in [4.78, 5) is 17.3. The van der Waals surface area contributed by atoms with Crippen molar-refractivity contribution < 1.29 is 18.0 Å².